The van der Waals surface area contributed by atoms with E-state index in [0.29, 0.717) is 5.78 Å². The molecule has 5 heteroatoms. The first-order valence-corrected chi connectivity index (χ1v) is 10.3. The lowest BCUT2D eigenvalue weighted by Gasteiger charge is -2.42. The number of thiophene rings is 2. The van der Waals surface area contributed by atoms with Crippen LogP contribution in [0.4, 0.5) is 0 Å². The molecule has 0 aliphatic carbocycles. The molecule has 2 aromatic rings. The fourth-order valence-corrected chi connectivity index (χ4v) is 6.80. The molecule has 21 heavy (non-hydrogen) atoms. The van der Waals surface area contributed by atoms with Crippen LogP contribution in [0, 0.1) is 5.92 Å². The van der Waals surface area contributed by atoms with Gasteiger partial charge in [0.1, 0.15) is 0 Å². The molecule has 0 amide bonds. The van der Waals surface area contributed by atoms with Crippen molar-refractivity contribution in [2.24, 2.45) is 5.92 Å². The monoisotopic (exact) mass is 338 g/mol. The largest absolute Gasteiger partial charge is 0.375 e. The molecule has 2 aromatic heterocycles. The van der Waals surface area contributed by atoms with E-state index in [2.05, 4.69) is 17.5 Å². The molecule has 112 valence electrons. The molecule has 1 atom stereocenters. The van der Waals surface area contributed by atoms with Crippen molar-refractivity contribution in [2.45, 2.75) is 31.3 Å². The van der Waals surface area contributed by atoms with Crippen molar-refractivity contribution in [1.29, 1.82) is 0 Å². The third-order valence-electron chi connectivity index (χ3n) is 4.65. The summed E-state index contributed by atoms with van der Waals surface area (Å²) in [7, 11) is 0. The van der Waals surface area contributed by atoms with Gasteiger partial charge in [-0.25, -0.2) is 0 Å². The van der Waals surface area contributed by atoms with E-state index in [9.17, 15) is 4.79 Å². The molecule has 4 heterocycles. The highest BCUT2D eigenvalue weighted by atomic mass is 32.2. The normalized spacial score (nSPS) is 25.4. The van der Waals surface area contributed by atoms with Gasteiger partial charge in [0.2, 0.25) is 0 Å². The van der Waals surface area contributed by atoms with Crippen molar-refractivity contribution in [3.05, 3.63) is 22.4 Å². The average molecular weight is 339 g/mol. The van der Waals surface area contributed by atoms with E-state index < -0.39 is 0 Å². The van der Waals surface area contributed by atoms with Crippen LogP contribution in [0.1, 0.15) is 35.4 Å². The summed E-state index contributed by atoms with van der Waals surface area (Å²) in [4.78, 5) is 13.8. The van der Waals surface area contributed by atoms with Crippen molar-refractivity contribution >= 4 is 49.6 Å². The number of Topliss-reactive ketones (excluding diaryl/α,β-unsaturated/α-hetero) is 1. The van der Waals surface area contributed by atoms with Gasteiger partial charge in [-0.3, -0.25) is 4.79 Å². The van der Waals surface area contributed by atoms with Crippen LogP contribution in [-0.2, 0) is 4.74 Å². The first-order chi connectivity index (χ1) is 10.3. The van der Waals surface area contributed by atoms with Gasteiger partial charge in [-0.1, -0.05) is 0 Å². The van der Waals surface area contributed by atoms with Crippen molar-refractivity contribution in [3.63, 3.8) is 0 Å². The number of carbonyl (C=O) groups excluding carboxylic acids is 1. The lowest BCUT2D eigenvalue weighted by atomic mass is 9.80. The van der Waals surface area contributed by atoms with Crippen LogP contribution in [0.2, 0.25) is 0 Å². The van der Waals surface area contributed by atoms with Crippen LogP contribution in [0.5, 0.6) is 0 Å². The zero-order chi connectivity index (χ0) is 14.3. The Balaban J connectivity index is 1.54. The molecular formula is C16H18O2S3. The topological polar surface area (TPSA) is 26.3 Å². The summed E-state index contributed by atoms with van der Waals surface area (Å²) >= 11 is 5.39. The summed E-state index contributed by atoms with van der Waals surface area (Å²) in [6, 6.07) is 4.21. The van der Waals surface area contributed by atoms with E-state index in [1.807, 2.05) is 11.8 Å². The Morgan fingerprint density at radius 3 is 2.95 bits per heavy atom. The Hall–Kier alpha value is -0.360. The number of hydrogen-bond acceptors (Lipinski definition) is 5. The minimum Gasteiger partial charge on any atom is -0.375 e. The van der Waals surface area contributed by atoms with Gasteiger partial charge in [0.15, 0.2) is 5.78 Å². The number of ketones is 1. The first-order valence-electron chi connectivity index (χ1n) is 7.49. The summed E-state index contributed by atoms with van der Waals surface area (Å²) < 4.78 is 8.61. The Bertz CT molecular complexity index is 617. The van der Waals surface area contributed by atoms with Crippen molar-refractivity contribution in [1.82, 2.24) is 0 Å². The summed E-state index contributed by atoms with van der Waals surface area (Å²) in [6.07, 6.45) is 4.04. The van der Waals surface area contributed by atoms with E-state index in [1.165, 1.54) is 20.9 Å². The molecule has 0 radical (unpaired) electrons. The van der Waals surface area contributed by atoms with E-state index in [4.69, 9.17) is 4.74 Å². The van der Waals surface area contributed by atoms with Gasteiger partial charge in [-0.05, 0) is 54.7 Å². The second-order valence-corrected chi connectivity index (χ2v) is 9.21. The van der Waals surface area contributed by atoms with E-state index in [1.54, 1.807) is 22.7 Å². The maximum absolute atomic E-state index is 12.8. The Kier molecular flexibility index (Phi) is 3.86. The molecule has 1 unspecified atom stereocenters. The molecule has 2 aliphatic heterocycles. The van der Waals surface area contributed by atoms with Crippen LogP contribution in [0.25, 0.3) is 9.40 Å². The fraction of sp³-hybridized carbons (Fsp3) is 0.562. The smallest absolute Gasteiger partial charge is 0.176 e. The fourth-order valence-electron chi connectivity index (χ4n) is 3.43. The number of hydrogen-bond donors (Lipinski definition) is 0. The molecular weight excluding hydrogens is 320 g/mol. The van der Waals surface area contributed by atoms with Crippen molar-refractivity contribution < 1.29 is 9.53 Å². The summed E-state index contributed by atoms with van der Waals surface area (Å²) in [5.41, 5.74) is -0.00152. The molecule has 2 nitrogen and oxygen atoms in total. The van der Waals surface area contributed by atoms with Crippen molar-refractivity contribution in [2.75, 3.05) is 18.1 Å². The maximum atomic E-state index is 12.8. The van der Waals surface area contributed by atoms with E-state index in [-0.39, 0.29) is 11.5 Å². The first kappa shape index (κ1) is 14.2. The van der Waals surface area contributed by atoms with Crippen LogP contribution < -0.4 is 0 Å². The standard InChI is InChI=1S/C16H18O2S3/c17-15(14-9-13-12(21-14)2-6-20-13)11-1-5-18-16(10-11)3-7-19-8-4-16/h2,6,9,11H,1,3-5,7-8,10H2. The quantitative estimate of drug-likeness (QED) is 0.733. The Labute approximate surface area is 136 Å². The zero-order valence-corrected chi connectivity index (χ0v) is 14.2. The third-order valence-corrected chi connectivity index (χ3v) is 7.74. The second-order valence-electron chi connectivity index (χ2n) is 5.96. The highest BCUT2D eigenvalue weighted by Gasteiger charge is 2.41. The summed E-state index contributed by atoms with van der Waals surface area (Å²) in [5.74, 6) is 2.87. The molecule has 0 N–H and O–H groups in total. The highest BCUT2D eigenvalue weighted by molar-refractivity contribution is 7.99. The van der Waals surface area contributed by atoms with E-state index >= 15 is 0 Å². The maximum Gasteiger partial charge on any atom is 0.176 e. The molecule has 4 rings (SSSR count). The van der Waals surface area contributed by atoms with Crippen LogP contribution in [-0.4, -0.2) is 29.5 Å². The SMILES string of the molecule is O=C(c1cc2sccc2s1)C1CCOC2(CCSCC2)C1. The summed E-state index contributed by atoms with van der Waals surface area (Å²) in [5, 5.41) is 2.10. The van der Waals surface area contributed by atoms with Crippen LogP contribution in [0.15, 0.2) is 17.5 Å². The van der Waals surface area contributed by atoms with Gasteiger partial charge in [0.05, 0.1) is 10.5 Å². The lowest BCUT2D eigenvalue weighted by Crippen LogP contribution is -2.44. The Morgan fingerprint density at radius 1 is 1.29 bits per heavy atom. The predicted octanol–water partition coefficient (Wildman–Crippen LogP) is 4.84. The molecule has 1 spiro atoms. The molecule has 0 saturated carbocycles. The zero-order valence-electron chi connectivity index (χ0n) is 11.8. The number of fused-ring (bicyclic) bond motifs is 1. The average Bonchev–Trinajstić information content (AvgIpc) is 3.08. The molecule has 2 aliphatic rings. The lowest BCUT2D eigenvalue weighted by molar-refractivity contribution is -0.0959. The third kappa shape index (κ3) is 2.69. The van der Waals surface area contributed by atoms with E-state index in [0.717, 1.165) is 37.2 Å². The number of thioether (sulfide) groups is 1. The molecule has 2 fully saturated rings. The highest BCUT2D eigenvalue weighted by Crippen LogP contribution is 2.41. The van der Waals surface area contributed by atoms with Gasteiger partial charge < -0.3 is 4.74 Å². The van der Waals surface area contributed by atoms with Gasteiger partial charge in [0, 0.05) is 21.9 Å². The summed E-state index contributed by atoms with van der Waals surface area (Å²) in [6.45, 7) is 0.751. The second kappa shape index (κ2) is 5.69. The molecule has 0 bridgehead atoms. The predicted molar refractivity (Wildman–Crippen MR) is 92.0 cm³/mol. The van der Waals surface area contributed by atoms with Gasteiger partial charge in [0.25, 0.3) is 0 Å². The van der Waals surface area contributed by atoms with Crippen molar-refractivity contribution in [3.8, 4) is 0 Å². The minimum absolute atomic E-state index is 0.00152. The molecule has 0 aromatic carbocycles. The number of carbonyl (C=O) groups is 1. The number of ether oxygens (including phenoxy) is 1. The molecule has 2 saturated heterocycles. The number of rotatable bonds is 2. The van der Waals surface area contributed by atoms with Gasteiger partial charge in [-0.15, -0.1) is 22.7 Å². The van der Waals surface area contributed by atoms with Crippen LogP contribution in [0.3, 0.4) is 0 Å². The van der Waals surface area contributed by atoms with Crippen LogP contribution >= 0.6 is 34.4 Å². The minimum atomic E-state index is -0.00152. The van der Waals surface area contributed by atoms with Gasteiger partial charge in [-0.2, -0.15) is 11.8 Å². The van der Waals surface area contributed by atoms with Gasteiger partial charge >= 0.3 is 0 Å². The Morgan fingerprint density at radius 2 is 2.14 bits per heavy atom.